The van der Waals surface area contributed by atoms with Crippen LogP contribution in [0.5, 0.6) is 0 Å². The van der Waals surface area contributed by atoms with Gasteiger partial charge in [-0.05, 0) is 44.4 Å². The zero-order chi connectivity index (χ0) is 32.7. The molecule has 0 radical (unpaired) electrons. The minimum absolute atomic E-state index is 0.156. The monoisotopic (exact) mass is 623 g/mol. The molecule has 0 spiro atoms. The van der Waals surface area contributed by atoms with Gasteiger partial charge in [0.1, 0.15) is 13.2 Å². The molecule has 3 aliphatic rings. The van der Waals surface area contributed by atoms with Gasteiger partial charge in [-0.25, -0.2) is 0 Å². The molecule has 46 heavy (non-hydrogen) atoms. The number of benzene rings is 2. The van der Waals surface area contributed by atoms with Crippen LogP contribution in [0.2, 0.25) is 0 Å². The minimum Gasteiger partial charge on any atom is -0.504 e. The molecule has 5 rings (SSSR count). The van der Waals surface area contributed by atoms with Crippen LogP contribution in [0.15, 0.2) is 83.5 Å². The number of hydrogen-bond donors (Lipinski definition) is 1. The maximum Gasteiger partial charge on any atom is 0.209 e. The summed E-state index contributed by atoms with van der Waals surface area (Å²) < 4.78 is 8.78. The summed E-state index contributed by atoms with van der Waals surface area (Å²) in [5, 5.41) is 11.7. The largest absolute Gasteiger partial charge is 0.504 e. The van der Waals surface area contributed by atoms with E-state index in [0.717, 1.165) is 25.1 Å². The topological polar surface area (TPSA) is 35.7 Å². The van der Waals surface area contributed by atoms with E-state index in [9.17, 15) is 5.11 Å². The minimum atomic E-state index is -0.181. The zero-order valence-corrected chi connectivity index (χ0v) is 29.6. The van der Waals surface area contributed by atoms with Gasteiger partial charge in [-0.2, -0.15) is 4.58 Å². The van der Waals surface area contributed by atoms with Crippen LogP contribution >= 0.6 is 0 Å². The molecule has 0 aromatic heterocycles. The molecule has 0 amide bonds. The molecule has 0 atom stereocenters. The summed E-state index contributed by atoms with van der Waals surface area (Å²) in [5.74, 6) is 0.865. The number of nitrogens with zero attached hydrogens (tertiary/aromatic N) is 2. The number of unbranched alkanes of at least 4 members (excludes halogenated alkanes) is 10. The van der Waals surface area contributed by atoms with Gasteiger partial charge in [0.15, 0.2) is 17.2 Å². The van der Waals surface area contributed by atoms with Crippen molar-refractivity contribution in [1.29, 1.82) is 0 Å². The van der Waals surface area contributed by atoms with E-state index >= 15 is 0 Å². The van der Waals surface area contributed by atoms with Crippen molar-refractivity contribution in [2.75, 3.05) is 24.6 Å². The number of para-hydroxylation sites is 2. The summed E-state index contributed by atoms with van der Waals surface area (Å²) in [6, 6.07) is 17.6. The molecule has 4 nitrogen and oxygen atoms in total. The third-order valence-electron chi connectivity index (χ3n) is 10.6. The lowest BCUT2D eigenvalue weighted by Crippen LogP contribution is -2.28. The van der Waals surface area contributed by atoms with E-state index in [1.54, 1.807) is 0 Å². The first-order valence-electron chi connectivity index (χ1n) is 18.3. The van der Waals surface area contributed by atoms with Crippen LogP contribution in [-0.4, -0.2) is 35.1 Å². The van der Waals surface area contributed by atoms with Gasteiger partial charge in [-0.1, -0.05) is 122 Å². The van der Waals surface area contributed by atoms with Gasteiger partial charge in [-0.3, -0.25) is 0 Å². The van der Waals surface area contributed by atoms with Gasteiger partial charge in [-0.15, -0.1) is 0 Å². The van der Waals surface area contributed by atoms with Gasteiger partial charge in [0.25, 0.3) is 0 Å². The number of hydrogen-bond acceptors (Lipinski definition) is 3. The van der Waals surface area contributed by atoms with Gasteiger partial charge in [0, 0.05) is 47.0 Å². The third kappa shape index (κ3) is 7.02. The summed E-state index contributed by atoms with van der Waals surface area (Å²) in [7, 11) is 0. The van der Waals surface area contributed by atoms with Gasteiger partial charge < -0.3 is 14.7 Å². The lowest BCUT2D eigenvalue weighted by molar-refractivity contribution is -0.438. The van der Waals surface area contributed by atoms with Crippen molar-refractivity contribution in [1.82, 2.24) is 0 Å². The van der Waals surface area contributed by atoms with Crippen molar-refractivity contribution < 1.29 is 14.4 Å². The second-order valence-electron chi connectivity index (χ2n) is 14.7. The first-order valence-corrected chi connectivity index (χ1v) is 18.3. The quantitative estimate of drug-likeness (QED) is 0.149. The Labute approximate surface area is 279 Å². The first-order chi connectivity index (χ1) is 22.2. The molecule has 2 aromatic carbocycles. The predicted molar refractivity (Wildman–Crippen MR) is 195 cm³/mol. The van der Waals surface area contributed by atoms with E-state index < -0.39 is 0 Å². The number of ether oxygens (including phenoxy) is 1. The summed E-state index contributed by atoms with van der Waals surface area (Å²) in [4.78, 5) is 2.50. The van der Waals surface area contributed by atoms with Crippen LogP contribution in [-0.2, 0) is 15.6 Å². The molecule has 0 aliphatic carbocycles. The summed E-state index contributed by atoms with van der Waals surface area (Å²) >= 11 is 0. The van der Waals surface area contributed by atoms with Gasteiger partial charge >= 0.3 is 0 Å². The predicted octanol–water partition coefficient (Wildman–Crippen LogP) is 11.2. The van der Waals surface area contributed by atoms with Crippen molar-refractivity contribution in [2.45, 2.75) is 129 Å². The molecule has 0 saturated heterocycles. The number of rotatable bonds is 16. The van der Waals surface area contributed by atoms with Crippen molar-refractivity contribution in [3.63, 3.8) is 0 Å². The molecular weight excluding hydrogens is 564 g/mol. The highest BCUT2D eigenvalue weighted by Crippen LogP contribution is 2.48. The number of anilines is 1. The van der Waals surface area contributed by atoms with Crippen LogP contribution in [0.25, 0.3) is 0 Å². The van der Waals surface area contributed by atoms with Crippen LogP contribution in [0.1, 0.15) is 130 Å². The fourth-order valence-corrected chi connectivity index (χ4v) is 7.74. The smallest absolute Gasteiger partial charge is 0.209 e. The maximum absolute atomic E-state index is 11.7. The standard InChI is InChI=1S/C42H58N2O2/c1-7-9-11-13-15-21-27-43-35-25-19-17-23-33(35)41(3,4)38(43)29-32-31-46-37(40(32)45)30-39-42(5,6)34-24-18-20-26-36(34)44(39)28-22-16-14-12-10-8-2/h17-20,23-26,29-30H,7-16,21-22,27-28,31H2,1-6H3/p+1. The van der Waals surface area contributed by atoms with Crippen LogP contribution in [0.3, 0.4) is 0 Å². The fraction of sp³-hybridized carbons (Fsp3) is 0.548. The highest BCUT2D eigenvalue weighted by atomic mass is 16.5. The van der Waals surface area contributed by atoms with E-state index in [2.05, 4.69) is 112 Å². The van der Waals surface area contributed by atoms with E-state index in [-0.39, 0.29) is 16.6 Å². The molecule has 0 bridgehead atoms. The lowest BCUT2D eigenvalue weighted by atomic mass is 9.81. The summed E-state index contributed by atoms with van der Waals surface area (Å²) in [6.07, 6.45) is 19.6. The molecule has 3 heterocycles. The fourth-order valence-electron chi connectivity index (χ4n) is 7.74. The van der Waals surface area contributed by atoms with Crippen LogP contribution in [0.4, 0.5) is 11.4 Å². The Bertz CT molecular complexity index is 1490. The molecule has 2 aromatic rings. The number of fused-ring (bicyclic) bond motifs is 2. The van der Waals surface area contributed by atoms with Crippen molar-refractivity contribution >= 4 is 17.1 Å². The Morgan fingerprint density at radius 3 is 2.07 bits per heavy atom. The molecule has 0 fully saturated rings. The van der Waals surface area contributed by atoms with E-state index in [0.29, 0.717) is 12.4 Å². The normalized spacial score (nSPS) is 19.8. The molecule has 0 unspecified atom stereocenters. The highest BCUT2D eigenvalue weighted by Gasteiger charge is 2.45. The second-order valence-corrected chi connectivity index (χ2v) is 14.7. The van der Waals surface area contributed by atoms with Gasteiger partial charge in [0.05, 0.1) is 11.5 Å². The van der Waals surface area contributed by atoms with Crippen molar-refractivity contribution in [2.24, 2.45) is 0 Å². The average Bonchev–Trinajstić information content (AvgIpc) is 3.58. The Balaban J connectivity index is 1.43. The molecule has 3 aliphatic heterocycles. The van der Waals surface area contributed by atoms with E-state index in [4.69, 9.17) is 4.74 Å². The van der Waals surface area contributed by atoms with Crippen LogP contribution < -0.4 is 4.90 Å². The average molecular weight is 624 g/mol. The Hall–Kier alpha value is -3.27. The Kier molecular flexibility index (Phi) is 11.2. The maximum atomic E-state index is 11.7. The first kappa shape index (κ1) is 34.1. The van der Waals surface area contributed by atoms with E-state index in [1.165, 1.54) is 105 Å². The second kappa shape index (κ2) is 15.1. The summed E-state index contributed by atoms with van der Waals surface area (Å²) in [6.45, 7) is 16.1. The lowest BCUT2D eigenvalue weighted by Gasteiger charge is -2.27. The van der Waals surface area contributed by atoms with E-state index in [1.807, 2.05) is 0 Å². The molecular formula is C42H59N2O2+. The summed E-state index contributed by atoms with van der Waals surface area (Å²) in [5.41, 5.74) is 8.26. The molecule has 1 N–H and O–H groups in total. The molecule has 4 heteroatoms. The van der Waals surface area contributed by atoms with Gasteiger partial charge in [0.2, 0.25) is 5.69 Å². The zero-order valence-electron chi connectivity index (χ0n) is 29.6. The van der Waals surface area contributed by atoms with Crippen molar-refractivity contribution in [3.8, 4) is 0 Å². The Morgan fingerprint density at radius 2 is 1.35 bits per heavy atom. The molecule has 248 valence electrons. The van der Waals surface area contributed by atoms with Crippen LogP contribution in [0, 0.1) is 0 Å². The SMILES string of the molecule is CCCCCCCCN1/C(=C\C2=C(O)C(=C\C3=[N+](CCCCCCCC)c4ccccc4C3(C)C)/OC2)C(C)(C)c2ccccc21. The number of aliphatic hydroxyl groups is 1. The number of allylic oxidation sites excluding steroid dienone is 2. The number of aliphatic hydroxyl groups excluding tert-OH is 1. The van der Waals surface area contributed by atoms with Crippen molar-refractivity contribution in [3.05, 3.63) is 94.6 Å². The third-order valence-corrected chi connectivity index (χ3v) is 10.6. The highest BCUT2D eigenvalue weighted by molar-refractivity contribution is 6.03. The molecule has 0 saturated carbocycles. The Morgan fingerprint density at radius 1 is 0.739 bits per heavy atom.